The summed E-state index contributed by atoms with van der Waals surface area (Å²) in [5.74, 6) is 0.834. The highest BCUT2D eigenvalue weighted by Crippen LogP contribution is 2.28. The maximum absolute atomic E-state index is 11.4. The lowest BCUT2D eigenvalue weighted by Crippen LogP contribution is -2.24. The molecule has 0 saturated heterocycles. The van der Waals surface area contributed by atoms with Gasteiger partial charge >= 0.3 is 0 Å². The Morgan fingerprint density at radius 1 is 1.35 bits per heavy atom. The molecular formula is C15H23BrN2O2. The molecule has 0 aliphatic carbocycles. The van der Waals surface area contributed by atoms with Gasteiger partial charge in [0.15, 0.2) is 0 Å². The molecule has 1 aromatic carbocycles. The fourth-order valence-corrected chi connectivity index (χ4v) is 2.29. The highest BCUT2D eigenvalue weighted by Gasteiger charge is 2.12. The average molecular weight is 343 g/mol. The van der Waals surface area contributed by atoms with Gasteiger partial charge in [-0.25, -0.2) is 0 Å². The van der Waals surface area contributed by atoms with Crippen LogP contribution in [-0.2, 0) is 4.79 Å². The van der Waals surface area contributed by atoms with Crippen LogP contribution in [0.4, 0.5) is 0 Å². The third kappa shape index (κ3) is 5.51. The van der Waals surface area contributed by atoms with Gasteiger partial charge in [0.05, 0.1) is 13.0 Å². The monoisotopic (exact) mass is 342 g/mol. The van der Waals surface area contributed by atoms with Crippen LogP contribution in [0.2, 0.25) is 0 Å². The van der Waals surface area contributed by atoms with Gasteiger partial charge in [-0.3, -0.25) is 4.79 Å². The SMILES string of the molecule is CCNC(=O)CCOc1cc(Br)ccc1C(C)NCC. The van der Waals surface area contributed by atoms with E-state index in [1.54, 1.807) is 0 Å². The number of hydrogen-bond donors (Lipinski definition) is 2. The van der Waals surface area contributed by atoms with Crippen molar-refractivity contribution in [2.24, 2.45) is 0 Å². The van der Waals surface area contributed by atoms with Crippen molar-refractivity contribution in [2.45, 2.75) is 33.2 Å². The van der Waals surface area contributed by atoms with Crippen molar-refractivity contribution in [3.8, 4) is 5.75 Å². The quantitative estimate of drug-likeness (QED) is 0.763. The molecule has 0 saturated carbocycles. The van der Waals surface area contributed by atoms with Crippen molar-refractivity contribution in [3.63, 3.8) is 0 Å². The van der Waals surface area contributed by atoms with E-state index >= 15 is 0 Å². The van der Waals surface area contributed by atoms with Crippen molar-refractivity contribution >= 4 is 21.8 Å². The van der Waals surface area contributed by atoms with Crippen LogP contribution < -0.4 is 15.4 Å². The Balaban J connectivity index is 2.67. The van der Waals surface area contributed by atoms with Crippen molar-refractivity contribution in [3.05, 3.63) is 28.2 Å². The van der Waals surface area contributed by atoms with Crippen molar-refractivity contribution in [1.82, 2.24) is 10.6 Å². The first-order chi connectivity index (χ1) is 9.58. The van der Waals surface area contributed by atoms with Gasteiger partial charge in [-0.2, -0.15) is 0 Å². The zero-order valence-electron chi connectivity index (χ0n) is 12.3. The third-order valence-corrected chi connectivity index (χ3v) is 3.41. The molecular weight excluding hydrogens is 320 g/mol. The molecule has 0 aliphatic rings. The van der Waals surface area contributed by atoms with E-state index in [1.165, 1.54) is 0 Å². The molecule has 1 atom stereocenters. The second kappa shape index (κ2) is 8.97. The molecule has 4 nitrogen and oxygen atoms in total. The van der Waals surface area contributed by atoms with Crippen molar-refractivity contribution < 1.29 is 9.53 Å². The Morgan fingerprint density at radius 3 is 2.75 bits per heavy atom. The van der Waals surface area contributed by atoms with Gasteiger partial charge < -0.3 is 15.4 Å². The summed E-state index contributed by atoms with van der Waals surface area (Å²) >= 11 is 3.45. The number of benzene rings is 1. The molecule has 0 spiro atoms. The minimum atomic E-state index is 0.0174. The first-order valence-electron chi connectivity index (χ1n) is 7.00. The number of hydrogen-bond acceptors (Lipinski definition) is 3. The zero-order valence-corrected chi connectivity index (χ0v) is 13.9. The van der Waals surface area contributed by atoms with E-state index < -0.39 is 0 Å². The number of nitrogens with one attached hydrogen (secondary N) is 2. The highest BCUT2D eigenvalue weighted by atomic mass is 79.9. The predicted molar refractivity (Wildman–Crippen MR) is 85.0 cm³/mol. The lowest BCUT2D eigenvalue weighted by molar-refractivity contribution is -0.121. The molecule has 1 amide bonds. The van der Waals surface area contributed by atoms with Gasteiger partial charge in [0, 0.05) is 22.6 Å². The molecule has 1 aromatic rings. The van der Waals surface area contributed by atoms with E-state index in [1.807, 2.05) is 25.1 Å². The van der Waals surface area contributed by atoms with E-state index in [-0.39, 0.29) is 11.9 Å². The zero-order chi connectivity index (χ0) is 15.0. The number of rotatable bonds is 8. The van der Waals surface area contributed by atoms with Crippen LogP contribution in [0.3, 0.4) is 0 Å². The largest absolute Gasteiger partial charge is 0.493 e. The van der Waals surface area contributed by atoms with E-state index in [4.69, 9.17) is 4.74 Å². The van der Waals surface area contributed by atoms with Gasteiger partial charge in [0.2, 0.25) is 5.91 Å². The number of carbonyl (C=O) groups is 1. The Labute approximate surface area is 129 Å². The number of ether oxygens (including phenoxy) is 1. The summed E-state index contributed by atoms with van der Waals surface area (Å²) in [5, 5.41) is 6.13. The van der Waals surface area contributed by atoms with Crippen LogP contribution in [0.1, 0.15) is 38.8 Å². The molecule has 0 aliphatic heterocycles. The number of carbonyl (C=O) groups excluding carboxylic acids is 1. The van der Waals surface area contributed by atoms with E-state index in [0.29, 0.717) is 19.6 Å². The molecule has 0 aromatic heterocycles. The molecule has 1 unspecified atom stereocenters. The van der Waals surface area contributed by atoms with Crippen LogP contribution >= 0.6 is 15.9 Å². The summed E-state index contributed by atoms with van der Waals surface area (Å²) in [6.07, 6.45) is 0.370. The first-order valence-corrected chi connectivity index (χ1v) is 7.80. The Morgan fingerprint density at radius 2 is 2.10 bits per heavy atom. The van der Waals surface area contributed by atoms with Gasteiger partial charge in [-0.05, 0) is 32.5 Å². The van der Waals surface area contributed by atoms with E-state index in [0.717, 1.165) is 22.3 Å². The molecule has 0 radical (unpaired) electrons. The number of halogens is 1. The Kier molecular flexibility index (Phi) is 7.62. The minimum Gasteiger partial charge on any atom is -0.493 e. The molecule has 5 heteroatoms. The molecule has 2 N–H and O–H groups in total. The summed E-state index contributed by atoms with van der Waals surface area (Å²) in [6.45, 7) is 8.01. The fourth-order valence-electron chi connectivity index (χ4n) is 1.95. The lowest BCUT2D eigenvalue weighted by Gasteiger charge is -2.18. The van der Waals surface area contributed by atoms with Gasteiger partial charge in [-0.15, -0.1) is 0 Å². The average Bonchev–Trinajstić information content (AvgIpc) is 2.39. The molecule has 1 rings (SSSR count). The van der Waals surface area contributed by atoms with Crippen LogP contribution in [0, 0.1) is 0 Å². The number of amides is 1. The lowest BCUT2D eigenvalue weighted by atomic mass is 10.1. The second-order valence-corrected chi connectivity index (χ2v) is 5.43. The highest BCUT2D eigenvalue weighted by molar-refractivity contribution is 9.10. The van der Waals surface area contributed by atoms with Crippen LogP contribution in [0.15, 0.2) is 22.7 Å². The summed E-state index contributed by atoms with van der Waals surface area (Å²) in [7, 11) is 0. The Hall–Kier alpha value is -1.07. The first kappa shape index (κ1) is 17.0. The molecule has 20 heavy (non-hydrogen) atoms. The maximum atomic E-state index is 11.4. The summed E-state index contributed by atoms with van der Waals surface area (Å²) < 4.78 is 6.74. The topological polar surface area (TPSA) is 50.4 Å². The van der Waals surface area contributed by atoms with Gasteiger partial charge in [0.25, 0.3) is 0 Å². The molecule has 0 fully saturated rings. The summed E-state index contributed by atoms with van der Waals surface area (Å²) in [5.41, 5.74) is 1.10. The predicted octanol–water partition coefficient (Wildman–Crippen LogP) is 3.02. The van der Waals surface area contributed by atoms with Crippen molar-refractivity contribution in [1.29, 1.82) is 0 Å². The second-order valence-electron chi connectivity index (χ2n) is 4.51. The van der Waals surface area contributed by atoms with E-state index in [2.05, 4.69) is 40.4 Å². The smallest absolute Gasteiger partial charge is 0.223 e. The normalized spacial score (nSPS) is 12.0. The molecule has 112 valence electrons. The molecule has 0 bridgehead atoms. The fraction of sp³-hybridized carbons (Fsp3) is 0.533. The van der Waals surface area contributed by atoms with Gasteiger partial charge in [-0.1, -0.05) is 28.9 Å². The standard InChI is InChI=1S/C15H23BrN2O2/c1-4-17-11(3)13-7-6-12(16)10-14(13)20-9-8-15(19)18-5-2/h6-7,10-11,17H,4-5,8-9H2,1-3H3,(H,18,19). The molecule has 0 heterocycles. The summed E-state index contributed by atoms with van der Waals surface area (Å²) in [4.78, 5) is 11.4. The van der Waals surface area contributed by atoms with Crippen LogP contribution in [0.25, 0.3) is 0 Å². The van der Waals surface area contributed by atoms with Crippen molar-refractivity contribution in [2.75, 3.05) is 19.7 Å². The van der Waals surface area contributed by atoms with Crippen LogP contribution in [0.5, 0.6) is 5.75 Å². The minimum absolute atomic E-state index is 0.0174. The van der Waals surface area contributed by atoms with E-state index in [9.17, 15) is 4.79 Å². The maximum Gasteiger partial charge on any atom is 0.223 e. The third-order valence-electron chi connectivity index (χ3n) is 2.91. The van der Waals surface area contributed by atoms with Crippen LogP contribution in [-0.4, -0.2) is 25.6 Å². The summed E-state index contributed by atoms with van der Waals surface area (Å²) in [6, 6.07) is 6.20. The van der Waals surface area contributed by atoms with Gasteiger partial charge in [0.1, 0.15) is 5.75 Å². The Bertz CT molecular complexity index is 438.